The van der Waals surface area contributed by atoms with Gasteiger partial charge in [-0.3, -0.25) is 0 Å². The van der Waals surface area contributed by atoms with Gasteiger partial charge in [0.15, 0.2) is 0 Å². The first kappa shape index (κ1) is 13.0. The number of hydrogen-bond acceptors (Lipinski definition) is 3. The topological polar surface area (TPSA) is 60.7 Å². The molecule has 90 valence electrons. The number of aliphatic hydroxyl groups is 2. The third-order valence-electron chi connectivity index (χ3n) is 2.92. The molecule has 1 aromatic carbocycles. The molecular formula is C13H20O3. The average molecular weight is 224 g/mol. The second kappa shape index (κ2) is 5.87. The molecule has 0 saturated heterocycles. The molecule has 3 atom stereocenters. The quantitative estimate of drug-likeness (QED) is 0.717. The molecule has 0 spiro atoms. The highest BCUT2D eigenvalue weighted by Gasteiger charge is 2.18. The molecule has 16 heavy (non-hydrogen) atoms. The normalized spacial score (nSPS) is 16.8. The zero-order chi connectivity index (χ0) is 12.1. The molecule has 1 rings (SSSR count). The summed E-state index contributed by atoms with van der Waals surface area (Å²) in [7, 11) is 0. The molecule has 0 aromatic heterocycles. The first-order chi connectivity index (χ1) is 7.54. The van der Waals surface area contributed by atoms with Crippen molar-refractivity contribution in [1.82, 2.24) is 0 Å². The predicted molar refractivity (Wildman–Crippen MR) is 63.4 cm³/mol. The van der Waals surface area contributed by atoms with E-state index in [4.69, 9.17) is 5.11 Å². The summed E-state index contributed by atoms with van der Waals surface area (Å²) in [5.74, 6) is 0.405. The lowest BCUT2D eigenvalue weighted by Gasteiger charge is -2.20. The van der Waals surface area contributed by atoms with Gasteiger partial charge in [0.1, 0.15) is 5.75 Å². The fraction of sp³-hybridized carbons (Fsp3) is 0.538. The third-order valence-corrected chi connectivity index (χ3v) is 2.92. The average Bonchev–Trinajstić information content (AvgIpc) is 2.28. The standard InChI is InChI=1S/C13H20O3/c1-3-12(15)13(16)8-9(2)10-4-6-11(14)7-5-10/h4-7,9,12-16H,3,8H2,1-2H3. The van der Waals surface area contributed by atoms with Gasteiger partial charge in [0.05, 0.1) is 12.2 Å². The summed E-state index contributed by atoms with van der Waals surface area (Å²) in [4.78, 5) is 0. The minimum atomic E-state index is -0.686. The molecule has 0 aliphatic rings. The van der Waals surface area contributed by atoms with Gasteiger partial charge in [-0.1, -0.05) is 26.0 Å². The lowest BCUT2D eigenvalue weighted by molar-refractivity contribution is 0.00953. The Morgan fingerprint density at radius 2 is 1.62 bits per heavy atom. The van der Waals surface area contributed by atoms with Crippen LogP contribution in [0.25, 0.3) is 0 Å². The Hall–Kier alpha value is -1.06. The van der Waals surface area contributed by atoms with E-state index in [2.05, 4.69) is 0 Å². The van der Waals surface area contributed by atoms with E-state index in [-0.39, 0.29) is 11.7 Å². The SMILES string of the molecule is CCC(O)C(O)CC(C)c1ccc(O)cc1. The monoisotopic (exact) mass is 224 g/mol. The second-order valence-corrected chi connectivity index (χ2v) is 4.27. The van der Waals surface area contributed by atoms with E-state index in [9.17, 15) is 10.2 Å². The van der Waals surface area contributed by atoms with Crippen molar-refractivity contribution in [1.29, 1.82) is 0 Å². The second-order valence-electron chi connectivity index (χ2n) is 4.27. The summed E-state index contributed by atoms with van der Waals surface area (Å²) in [6.07, 6.45) is -0.253. The van der Waals surface area contributed by atoms with Crippen LogP contribution in [0.3, 0.4) is 0 Å². The summed E-state index contributed by atoms with van der Waals surface area (Å²) >= 11 is 0. The van der Waals surface area contributed by atoms with Gasteiger partial charge in [0.2, 0.25) is 0 Å². The number of aromatic hydroxyl groups is 1. The van der Waals surface area contributed by atoms with E-state index in [1.165, 1.54) is 0 Å². The Bertz CT molecular complexity index is 307. The summed E-state index contributed by atoms with van der Waals surface area (Å²) < 4.78 is 0. The largest absolute Gasteiger partial charge is 0.508 e. The van der Waals surface area contributed by atoms with Crippen molar-refractivity contribution in [3.63, 3.8) is 0 Å². The zero-order valence-corrected chi connectivity index (χ0v) is 9.80. The molecule has 0 saturated carbocycles. The van der Waals surface area contributed by atoms with Crippen molar-refractivity contribution in [3.05, 3.63) is 29.8 Å². The van der Waals surface area contributed by atoms with Crippen molar-refractivity contribution in [2.75, 3.05) is 0 Å². The van der Waals surface area contributed by atoms with E-state index in [1.807, 2.05) is 26.0 Å². The van der Waals surface area contributed by atoms with E-state index in [0.29, 0.717) is 12.8 Å². The Kier molecular flexibility index (Phi) is 4.77. The minimum Gasteiger partial charge on any atom is -0.508 e. The van der Waals surface area contributed by atoms with Crippen LogP contribution in [0.2, 0.25) is 0 Å². The lowest BCUT2D eigenvalue weighted by Crippen LogP contribution is -2.26. The van der Waals surface area contributed by atoms with E-state index >= 15 is 0 Å². The van der Waals surface area contributed by atoms with Crippen LogP contribution in [0.15, 0.2) is 24.3 Å². The lowest BCUT2D eigenvalue weighted by atomic mass is 9.92. The van der Waals surface area contributed by atoms with Crippen molar-refractivity contribution in [3.8, 4) is 5.75 Å². The van der Waals surface area contributed by atoms with Crippen LogP contribution in [0.1, 0.15) is 38.2 Å². The van der Waals surface area contributed by atoms with Crippen LogP contribution in [0.5, 0.6) is 5.75 Å². The molecule has 3 heteroatoms. The summed E-state index contributed by atoms with van der Waals surface area (Å²) in [6.45, 7) is 3.84. The number of benzene rings is 1. The van der Waals surface area contributed by atoms with Gasteiger partial charge in [-0.25, -0.2) is 0 Å². The summed E-state index contributed by atoms with van der Waals surface area (Å²) in [5.41, 5.74) is 1.06. The fourth-order valence-corrected chi connectivity index (χ4v) is 1.73. The number of phenolic OH excluding ortho intramolecular Hbond substituents is 1. The van der Waals surface area contributed by atoms with Crippen LogP contribution in [0.4, 0.5) is 0 Å². The number of hydrogen-bond donors (Lipinski definition) is 3. The van der Waals surface area contributed by atoms with Crippen molar-refractivity contribution in [2.45, 2.75) is 44.8 Å². The van der Waals surface area contributed by atoms with Crippen molar-refractivity contribution < 1.29 is 15.3 Å². The Balaban J connectivity index is 2.58. The molecule has 0 amide bonds. The van der Waals surface area contributed by atoms with Crippen LogP contribution in [-0.4, -0.2) is 27.5 Å². The highest BCUT2D eigenvalue weighted by Crippen LogP contribution is 2.23. The zero-order valence-electron chi connectivity index (χ0n) is 9.80. The molecule has 0 aliphatic heterocycles. The molecule has 3 N–H and O–H groups in total. The van der Waals surface area contributed by atoms with Gasteiger partial charge in [0.25, 0.3) is 0 Å². The van der Waals surface area contributed by atoms with E-state index in [1.54, 1.807) is 12.1 Å². The van der Waals surface area contributed by atoms with E-state index in [0.717, 1.165) is 5.56 Å². The maximum absolute atomic E-state index is 9.70. The number of aliphatic hydroxyl groups excluding tert-OH is 2. The summed E-state index contributed by atoms with van der Waals surface area (Å²) in [5, 5.41) is 28.3. The highest BCUT2D eigenvalue weighted by atomic mass is 16.3. The molecule has 1 aromatic rings. The van der Waals surface area contributed by atoms with Gasteiger partial charge in [-0.15, -0.1) is 0 Å². The van der Waals surface area contributed by atoms with Gasteiger partial charge < -0.3 is 15.3 Å². The highest BCUT2D eigenvalue weighted by molar-refractivity contribution is 5.28. The smallest absolute Gasteiger partial charge is 0.115 e. The third kappa shape index (κ3) is 3.51. The van der Waals surface area contributed by atoms with Gasteiger partial charge in [-0.2, -0.15) is 0 Å². The minimum absolute atomic E-state index is 0.164. The van der Waals surface area contributed by atoms with Gasteiger partial charge >= 0.3 is 0 Å². The predicted octanol–water partition coefficient (Wildman–Crippen LogP) is 2.02. The van der Waals surface area contributed by atoms with E-state index < -0.39 is 12.2 Å². The molecule has 0 heterocycles. The van der Waals surface area contributed by atoms with Crippen molar-refractivity contribution in [2.24, 2.45) is 0 Å². The van der Waals surface area contributed by atoms with Crippen LogP contribution >= 0.6 is 0 Å². The first-order valence-electron chi connectivity index (χ1n) is 5.69. The van der Waals surface area contributed by atoms with Crippen molar-refractivity contribution >= 4 is 0 Å². The molecular weight excluding hydrogens is 204 g/mol. The molecule has 3 unspecified atom stereocenters. The maximum Gasteiger partial charge on any atom is 0.115 e. The molecule has 3 nitrogen and oxygen atoms in total. The molecule has 0 radical (unpaired) electrons. The van der Waals surface area contributed by atoms with Crippen LogP contribution in [-0.2, 0) is 0 Å². The summed E-state index contributed by atoms with van der Waals surface area (Å²) in [6, 6.07) is 6.94. The molecule has 0 fully saturated rings. The maximum atomic E-state index is 9.70. The fourth-order valence-electron chi connectivity index (χ4n) is 1.73. The molecule has 0 aliphatic carbocycles. The van der Waals surface area contributed by atoms with Crippen LogP contribution < -0.4 is 0 Å². The van der Waals surface area contributed by atoms with Gasteiger partial charge in [-0.05, 0) is 36.5 Å². The van der Waals surface area contributed by atoms with Crippen LogP contribution in [0, 0.1) is 0 Å². The number of rotatable bonds is 5. The Morgan fingerprint density at radius 1 is 1.06 bits per heavy atom. The Labute approximate surface area is 96.4 Å². The van der Waals surface area contributed by atoms with Gasteiger partial charge in [0, 0.05) is 0 Å². The Morgan fingerprint density at radius 3 is 2.12 bits per heavy atom. The number of phenols is 1. The molecule has 0 bridgehead atoms. The first-order valence-corrected chi connectivity index (χ1v) is 5.69.